The largest absolute Gasteiger partial charge is 0.349 e. The van der Waals surface area contributed by atoms with E-state index in [0.29, 0.717) is 38.9 Å². The van der Waals surface area contributed by atoms with Gasteiger partial charge < -0.3 is 5.32 Å². The van der Waals surface area contributed by atoms with E-state index in [4.69, 9.17) is 16.6 Å². The number of fused-ring (bicyclic) bond motifs is 1. The molecule has 0 atom stereocenters. The standard InChI is InChI=1S/C28H25ClFN3O2S/c29-24-15-21(30)14-13-20(24)17-36-28-32-25-8-4-3-7-23(25)27(35)33(28)16-18-9-11-19(12-10-18)26(34)31-22-5-1-2-6-22/h3-4,7-15,22H,1-2,5-6,16-17H2,(H,31,34). The molecule has 1 N–H and O–H groups in total. The summed E-state index contributed by atoms with van der Waals surface area (Å²) in [5.41, 5.74) is 2.72. The van der Waals surface area contributed by atoms with Crippen molar-refractivity contribution in [1.29, 1.82) is 0 Å². The zero-order chi connectivity index (χ0) is 25.1. The second-order valence-electron chi connectivity index (χ2n) is 8.98. The molecular weight excluding hydrogens is 497 g/mol. The van der Waals surface area contributed by atoms with E-state index >= 15 is 0 Å². The molecule has 1 aromatic heterocycles. The second-order valence-corrected chi connectivity index (χ2v) is 10.3. The maximum atomic E-state index is 13.4. The smallest absolute Gasteiger partial charge is 0.262 e. The maximum absolute atomic E-state index is 13.4. The van der Waals surface area contributed by atoms with Crippen LogP contribution in [0, 0.1) is 5.82 Å². The van der Waals surface area contributed by atoms with Gasteiger partial charge >= 0.3 is 0 Å². The van der Waals surface area contributed by atoms with Crippen molar-refractivity contribution in [2.45, 2.75) is 49.2 Å². The molecule has 3 aromatic carbocycles. The SMILES string of the molecule is O=C(NC1CCCC1)c1ccc(Cn2c(SCc3ccc(F)cc3Cl)nc3ccccc3c2=O)cc1. The minimum atomic E-state index is -0.394. The third-order valence-corrected chi connectivity index (χ3v) is 7.82. The summed E-state index contributed by atoms with van der Waals surface area (Å²) < 4.78 is 15.1. The Labute approximate surface area is 217 Å². The molecule has 0 radical (unpaired) electrons. The molecule has 1 fully saturated rings. The molecule has 1 saturated carbocycles. The molecule has 0 spiro atoms. The van der Waals surface area contributed by atoms with E-state index in [0.717, 1.165) is 36.8 Å². The first kappa shape index (κ1) is 24.5. The first-order chi connectivity index (χ1) is 17.5. The zero-order valence-corrected chi connectivity index (χ0v) is 21.1. The van der Waals surface area contributed by atoms with Gasteiger partial charge in [0.05, 0.1) is 17.4 Å². The number of para-hydroxylation sites is 1. The van der Waals surface area contributed by atoms with Gasteiger partial charge in [-0.15, -0.1) is 0 Å². The van der Waals surface area contributed by atoms with Crippen molar-refractivity contribution in [2.24, 2.45) is 0 Å². The number of hydrogen-bond donors (Lipinski definition) is 1. The van der Waals surface area contributed by atoms with E-state index in [-0.39, 0.29) is 17.5 Å². The summed E-state index contributed by atoms with van der Waals surface area (Å²) in [6, 6.07) is 19.1. The van der Waals surface area contributed by atoms with Crippen LogP contribution in [0.25, 0.3) is 10.9 Å². The normalized spacial score (nSPS) is 13.8. The van der Waals surface area contributed by atoms with Gasteiger partial charge in [-0.25, -0.2) is 9.37 Å². The van der Waals surface area contributed by atoms with Crippen LogP contribution >= 0.6 is 23.4 Å². The third kappa shape index (κ3) is 5.47. The summed E-state index contributed by atoms with van der Waals surface area (Å²) in [5.74, 6) is -0.0234. The highest BCUT2D eigenvalue weighted by Crippen LogP contribution is 2.27. The molecule has 0 bridgehead atoms. The number of amides is 1. The molecule has 5 rings (SSSR count). The average molecular weight is 522 g/mol. The van der Waals surface area contributed by atoms with Crippen molar-refractivity contribution in [3.8, 4) is 0 Å². The Kier molecular flexibility index (Phi) is 7.39. The molecule has 0 saturated heterocycles. The molecule has 1 heterocycles. The van der Waals surface area contributed by atoms with Gasteiger partial charge in [-0.3, -0.25) is 14.2 Å². The van der Waals surface area contributed by atoms with Gasteiger partial charge in [0.25, 0.3) is 11.5 Å². The number of nitrogens with one attached hydrogen (secondary N) is 1. The fourth-order valence-corrected chi connectivity index (χ4v) is 5.78. The summed E-state index contributed by atoms with van der Waals surface area (Å²) in [6.45, 7) is 0.306. The highest BCUT2D eigenvalue weighted by molar-refractivity contribution is 7.98. The van der Waals surface area contributed by atoms with Gasteiger partial charge in [-0.05, 0) is 60.4 Å². The molecule has 8 heteroatoms. The van der Waals surface area contributed by atoms with Gasteiger partial charge in [0.15, 0.2) is 5.16 Å². The van der Waals surface area contributed by atoms with Gasteiger partial charge in [0, 0.05) is 22.4 Å². The minimum Gasteiger partial charge on any atom is -0.349 e. The van der Waals surface area contributed by atoms with Crippen LogP contribution in [0.5, 0.6) is 0 Å². The lowest BCUT2D eigenvalue weighted by Crippen LogP contribution is -2.32. The summed E-state index contributed by atoms with van der Waals surface area (Å²) in [6.07, 6.45) is 4.38. The summed E-state index contributed by atoms with van der Waals surface area (Å²) in [7, 11) is 0. The van der Waals surface area contributed by atoms with Crippen LogP contribution in [0.15, 0.2) is 76.7 Å². The summed E-state index contributed by atoms with van der Waals surface area (Å²) >= 11 is 7.59. The minimum absolute atomic E-state index is 0.0644. The number of carbonyl (C=O) groups is 1. The maximum Gasteiger partial charge on any atom is 0.262 e. The molecule has 0 aliphatic heterocycles. The van der Waals surface area contributed by atoms with Crippen molar-refractivity contribution in [3.05, 3.63) is 105 Å². The quantitative estimate of drug-likeness (QED) is 0.232. The number of nitrogens with zero attached hydrogens (tertiary/aromatic N) is 2. The van der Waals surface area contributed by atoms with E-state index in [1.54, 1.807) is 28.8 Å². The van der Waals surface area contributed by atoms with Crippen LogP contribution in [0.2, 0.25) is 5.02 Å². The lowest BCUT2D eigenvalue weighted by Gasteiger charge is -2.15. The van der Waals surface area contributed by atoms with Gasteiger partial charge in [0.2, 0.25) is 0 Å². The van der Waals surface area contributed by atoms with Crippen LogP contribution in [-0.2, 0) is 12.3 Å². The number of hydrogen-bond acceptors (Lipinski definition) is 4. The summed E-state index contributed by atoms with van der Waals surface area (Å²) in [4.78, 5) is 30.7. The third-order valence-electron chi connectivity index (χ3n) is 6.45. The van der Waals surface area contributed by atoms with Crippen molar-refractivity contribution in [3.63, 3.8) is 0 Å². The molecule has 1 aliphatic carbocycles. The lowest BCUT2D eigenvalue weighted by atomic mass is 10.1. The first-order valence-corrected chi connectivity index (χ1v) is 13.3. The highest BCUT2D eigenvalue weighted by Gasteiger charge is 2.18. The van der Waals surface area contributed by atoms with Crippen molar-refractivity contribution in [2.75, 3.05) is 0 Å². The van der Waals surface area contributed by atoms with Crippen LogP contribution < -0.4 is 10.9 Å². The lowest BCUT2D eigenvalue weighted by molar-refractivity contribution is 0.0938. The van der Waals surface area contributed by atoms with E-state index in [9.17, 15) is 14.0 Å². The zero-order valence-electron chi connectivity index (χ0n) is 19.5. The van der Waals surface area contributed by atoms with Gasteiger partial charge in [-0.2, -0.15) is 0 Å². The number of benzene rings is 3. The molecule has 0 unspecified atom stereocenters. The van der Waals surface area contributed by atoms with Crippen molar-refractivity contribution < 1.29 is 9.18 Å². The Balaban J connectivity index is 1.40. The number of rotatable bonds is 7. The first-order valence-electron chi connectivity index (χ1n) is 11.9. The number of halogens is 2. The Morgan fingerprint density at radius 3 is 2.58 bits per heavy atom. The fraction of sp³-hybridized carbons (Fsp3) is 0.250. The van der Waals surface area contributed by atoms with Crippen LogP contribution in [0.1, 0.15) is 47.2 Å². The second kappa shape index (κ2) is 10.8. The monoisotopic (exact) mass is 521 g/mol. The van der Waals surface area contributed by atoms with E-state index in [2.05, 4.69) is 5.32 Å². The Morgan fingerprint density at radius 2 is 1.83 bits per heavy atom. The predicted molar refractivity (Wildman–Crippen MR) is 142 cm³/mol. The molecule has 184 valence electrons. The predicted octanol–water partition coefficient (Wildman–Crippen LogP) is 6.20. The molecule has 5 nitrogen and oxygen atoms in total. The van der Waals surface area contributed by atoms with Crippen molar-refractivity contribution in [1.82, 2.24) is 14.9 Å². The fourth-order valence-electron chi connectivity index (χ4n) is 4.46. The Morgan fingerprint density at radius 1 is 1.08 bits per heavy atom. The number of aromatic nitrogens is 2. The van der Waals surface area contributed by atoms with Crippen molar-refractivity contribution >= 4 is 40.2 Å². The molecule has 36 heavy (non-hydrogen) atoms. The summed E-state index contributed by atoms with van der Waals surface area (Å²) in [5, 5.41) is 4.52. The Hall–Kier alpha value is -3.16. The molecule has 4 aromatic rings. The number of thioether (sulfide) groups is 1. The van der Waals surface area contributed by atoms with E-state index in [1.807, 2.05) is 30.3 Å². The van der Waals surface area contributed by atoms with E-state index < -0.39 is 5.82 Å². The van der Waals surface area contributed by atoms with Gasteiger partial charge in [0.1, 0.15) is 5.82 Å². The molecule has 1 aliphatic rings. The van der Waals surface area contributed by atoms with Crippen LogP contribution in [0.4, 0.5) is 4.39 Å². The highest BCUT2D eigenvalue weighted by atomic mass is 35.5. The molecule has 1 amide bonds. The van der Waals surface area contributed by atoms with Crippen LogP contribution in [-0.4, -0.2) is 21.5 Å². The molecular formula is C28H25ClFN3O2S. The topological polar surface area (TPSA) is 64.0 Å². The van der Waals surface area contributed by atoms with E-state index in [1.165, 1.54) is 23.9 Å². The van der Waals surface area contributed by atoms with Gasteiger partial charge in [-0.1, -0.05) is 66.5 Å². The average Bonchev–Trinajstić information content (AvgIpc) is 3.39. The van der Waals surface area contributed by atoms with Crippen LogP contribution in [0.3, 0.4) is 0 Å². The Bertz CT molecular complexity index is 1470. The number of carbonyl (C=O) groups excluding carboxylic acids is 1.